The number of hydrogen-bond acceptors (Lipinski definition) is 2. The third-order valence-corrected chi connectivity index (χ3v) is 3.75. The van der Waals surface area contributed by atoms with Gasteiger partial charge in [0.05, 0.1) is 0 Å². The summed E-state index contributed by atoms with van der Waals surface area (Å²) in [5, 5.41) is 9.00. The van der Waals surface area contributed by atoms with Gasteiger partial charge in [-0.2, -0.15) is 0 Å². The summed E-state index contributed by atoms with van der Waals surface area (Å²) in [6.45, 7) is 10.4. The molecule has 0 fully saturated rings. The van der Waals surface area contributed by atoms with Gasteiger partial charge in [0.15, 0.2) is 0 Å². The number of benzene rings is 1. The molecule has 0 aliphatic rings. The van der Waals surface area contributed by atoms with E-state index in [0.29, 0.717) is 6.04 Å². The van der Waals surface area contributed by atoms with Crippen LogP contribution in [0.3, 0.4) is 0 Å². The number of amides is 2. The van der Waals surface area contributed by atoms with Crippen LogP contribution in [0, 0.1) is 5.41 Å². The number of urea groups is 1. The van der Waals surface area contributed by atoms with Crippen molar-refractivity contribution in [1.29, 1.82) is 0 Å². The molecule has 20 heavy (non-hydrogen) atoms. The molecule has 1 aromatic rings. The molecule has 2 unspecified atom stereocenters. The lowest BCUT2D eigenvalue weighted by atomic mass is 9.88. The molecule has 0 heterocycles. The molecule has 3 N–H and O–H groups in total. The van der Waals surface area contributed by atoms with Crippen LogP contribution in [0.25, 0.3) is 0 Å². The first-order chi connectivity index (χ1) is 9.24. The van der Waals surface area contributed by atoms with Crippen LogP contribution in [0.1, 0.15) is 46.2 Å². The van der Waals surface area contributed by atoms with Crippen LogP contribution in [0.15, 0.2) is 24.3 Å². The standard InChI is InChI=1S/C16H27N3O/c1-11(17-6)13-7-9-14(10-8-13)19-15(20)18-12(2)16(3,4)5/h7-12,17H,1-6H3,(H2,18,19,20). The number of carbonyl (C=O) groups excluding carboxylic acids is 1. The molecular formula is C16H27N3O. The third-order valence-electron chi connectivity index (χ3n) is 3.75. The smallest absolute Gasteiger partial charge is 0.319 e. The van der Waals surface area contributed by atoms with Gasteiger partial charge in [-0.15, -0.1) is 0 Å². The van der Waals surface area contributed by atoms with Gasteiger partial charge in [-0.1, -0.05) is 32.9 Å². The van der Waals surface area contributed by atoms with Crippen molar-refractivity contribution >= 4 is 11.7 Å². The van der Waals surface area contributed by atoms with E-state index < -0.39 is 0 Å². The van der Waals surface area contributed by atoms with Crippen LogP contribution in [0.2, 0.25) is 0 Å². The Bertz CT molecular complexity index is 434. The van der Waals surface area contributed by atoms with Gasteiger partial charge in [0, 0.05) is 17.8 Å². The van der Waals surface area contributed by atoms with Gasteiger partial charge in [0.2, 0.25) is 0 Å². The van der Waals surface area contributed by atoms with Crippen LogP contribution in [0.4, 0.5) is 10.5 Å². The Kier molecular flexibility index (Phi) is 5.57. The maximum absolute atomic E-state index is 11.9. The molecule has 0 aromatic heterocycles. The first kappa shape index (κ1) is 16.5. The van der Waals surface area contributed by atoms with E-state index >= 15 is 0 Å². The monoisotopic (exact) mass is 277 g/mol. The second-order valence-corrected chi connectivity index (χ2v) is 6.32. The van der Waals surface area contributed by atoms with Crippen LogP contribution in [0.5, 0.6) is 0 Å². The Morgan fingerprint density at radius 2 is 1.65 bits per heavy atom. The van der Waals surface area contributed by atoms with Crippen molar-refractivity contribution in [3.63, 3.8) is 0 Å². The Morgan fingerprint density at radius 1 is 1.10 bits per heavy atom. The van der Waals surface area contributed by atoms with Crippen molar-refractivity contribution in [3.8, 4) is 0 Å². The fraction of sp³-hybridized carbons (Fsp3) is 0.562. The molecule has 0 aliphatic carbocycles. The first-order valence-electron chi connectivity index (χ1n) is 7.08. The maximum Gasteiger partial charge on any atom is 0.319 e. The number of hydrogen-bond donors (Lipinski definition) is 3. The lowest BCUT2D eigenvalue weighted by Crippen LogP contribution is -2.43. The zero-order valence-corrected chi connectivity index (χ0v) is 13.4. The van der Waals surface area contributed by atoms with Gasteiger partial charge in [-0.05, 0) is 44.0 Å². The van der Waals surface area contributed by atoms with E-state index in [0.717, 1.165) is 5.69 Å². The summed E-state index contributed by atoms with van der Waals surface area (Å²) in [5.74, 6) is 0. The first-order valence-corrected chi connectivity index (χ1v) is 7.08. The van der Waals surface area contributed by atoms with Gasteiger partial charge in [-0.3, -0.25) is 0 Å². The van der Waals surface area contributed by atoms with Crippen molar-refractivity contribution in [2.45, 2.75) is 46.7 Å². The highest BCUT2D eigenvalue weighted by atomic mass is 16.2. The number of anilines is 1. The van der Waals surface area contributed by atoms with Gasteiger partial charge in [0.1, 0.15) is 0 Å². The van der Waals surface area contributed by atoms with Crippen LogP contribution < -0.4 is 16.0 Å². The minimum atomic E-state index is -0.165. The topological polar surface area (TPSA) is 53.2 Å². The second-order valence-electron chi connectivity index (χ2n) is 6.32. The number of rotatable bonds is 4. The normalized spacial score (nSPS) is 14.5. The van der Waals surface area contributed by atoms with Crippen LogP contribution in [-0.2, 0) is 0 Å². The number of carbonyl (C=O) groups is 1. The molecule has 0 bridgehead atoms. The molecule has 2 amide bonds. The lowest BCUT2D eigenvalue weighted by molar-refractivity contribution is 0.233. The largest absolute Gasteiger partial charge is 0.335 e. The predicted octanol–water partition coefficient (Wildman–Crippen LogP) is 3.52. The summed E-state index contributed by atoms with van der Waals surface area (Å²) < 4.78 is 0. The van der Waals surface area contributed by atoms with E-state index in [1.807, 2.05) is 38.2 Å². The molecule has 1 rings (SSSR count). The molecule has 4 heteroatoms. The van der Waals surface area contributed by atoms with Crippen LogP contribution in [-0.4, -0.2) is 19.1 Å². The fourth-order valence-electron chi connectivity index (χ4n) is 1.60. The molecule has 112 valence electrons. The van der Waals surface area contributed by atoms with Crippen molar-refractivity contribution in [2.24, 2.45) is 5.41 Å². The molecule has 0 spiro atoms. The summed E-state index contributed by atoms with van der Waals surface area (Å²) >= 11 is 0. The summed E-state index contributed by atoms with van der Waals surface area (Å²) in [5.41, 5.74) is 2.04. The van der Waals surface area contributed by atoms with Gasteiger partial charge < -0.3 is 16.0 Å². The SMILES string of the molecule is CNC(C)c1ccc(NC(=O)NC(C)C(C)(C)C)cc1. The minimum absolute atomic E-state index is 0.0451. The summed E-state index contributed by atoms with van der Waals surface area (Å²) in [6.07, 6.45) is 0. The lowest BCUT2D eigenvalue weighted by Gasteiger charge is -2.28. The van der Waals surface area contributed by atoms with E-state index in [2.05, 4.69) is 43.6 Å². The Hall–Kier alpha value is -1.55. The highest BCUT2D eigenvalue weighted by Crippen LogP contribution is 2.19. The Labute approximate surface area is 122 Å². The van der Waals surface area contributed by atoms with Gasteiger partial charge in [0.25, 0.3) is 0 Å². The second kappa shape index (κ2) is 6.75. The quantitative estimate of drug-likeness (QED) is 0.788. The summed E-state index contributed by atoms with van der Waals surface area (Å²) in [7, 11) is 1.93. The van der Waals surface area contributed by atoms with E-state index in [1.54, 1.807) is 0 Å². The highest BCUT2D eigenvalue weighted by Gasteiger charge is 2.21. The average Bonchev–Trinajstić information content (AvgIpc) is 2.37. The molecule has 0 saturated heterocycles. The molecule has 4 nitrogen and oxygen atoms in total. The Balaban J connectivity index is 2.59. The zero-order valence-electron chi connectivity index (χ0n) is 13.4. The molecule has 2 atom stereocenters. The maximum atomic E-state index is 11.9. The molecule has 0 radical (unpaired) electrons. The molecular weight excluding hydrogens is 250 g/mol. The van der Waals surface area contributed by atoms with Crippen LogP contribution >= 0.6 is 0 Å². The van der Waals surface area contributed by atoms with E-state index in [4.69, 9.17) is 0 Å². The Morgan fingerprint density at radius 3 is 2.10 bits per heavy atom. The van der Waals surface area contributed by atoms with Gasteiger partial charge in [-0.25, -0.2) is 4.79 Å². The summed E-state index contributed by atoms with van der Waals surface area (Å²) in [6, 6.07) is 8.12. The third kappa shape index (κ3) is 4.85. The summed E-state index contributed by atoms with van der Waals surface area (Å²) in [4.78, 5) is 11.9. The number of nitrogens with one attached hydrogen (secondary N) is 3. The van der Waals surface area contributed by atoms with E-state index in [1.165, 1.54) is 5.56 Å². The fourth-order valence-corrected chi connectivity index (χ4v) is 1.60. The minimum Gasteiger partial charge on any atom is -0.335 e. The van der Waals surface area contributed by atoms with Crippen molar-refractivity contribution in [2.75, 3.05) is 12.4 Å². The molecule has 0 saturated carbocycles. The van der Waals surface area contributed by atoms with Gasteiger partial charge >= 0.3 is 6.03 Å². The average molecular weight is 277 g/mol. The van der Waals surface area contributed by atoms with E-state index in [9.17, 15) is 4.79 Å². The molecule has 1 aromatic carbocycles. The molecule has 0 aliphatic heterocycles. The van der Waals surface area contributed by atoms with Crippen molar-refractivity contribution in [1.82, 2.24) is 10.6 Å². The van der Waals surface area contributed by atoms with Crippen molar-refractivity contribution in [3.05, 3.63) is 29.8 Å². The predicted molar refractivity (Wildman–Crippen MR) is 85.0 cm³/mol. The highest BCUT2D eigenvalue weighted by molar-refractivity contribution is 5.89. The van der Waals surface area contributed by atoms with Crippen molar-refractivity contribution < 1.29 is 4.79 Å². The zero-order chi connectivity index (χ0) is 15.3. The van der Waals surface area contributed by atoms with E-state index in [-0.39, 0.29) is 17.5 Å².